The van der Waals surface area contributed by atoms with Gasteiger partial charge in [-0.15, -0.1) is 0 Å². The minimum absolute atomic E-state index is 0.138. The number of anilines is 1. The molecule has 1 amide bonds. The Hall–Kier alpha value is 0.110. The summed E-state index contributed by atoms with van der Waals surface area (Å²) in [6, 6.07) is 1.93. The van der Waals surface area contributed by atoms with E-state index in [9.17, 15) is 9.59 Å². The summed E-state index contributed by atoms with van der Waals surface area (Å²) in [6.45, 7) is 4.07. The van der Waals surface area contributed by atoms with Crippen molar-refractivity contribution in [2.24, 2.45) is 5.92 Å². The fraction of sp³-hybridized carbons (Fsp3) is 0.467. The van der Waals surface area contributed by atoms with Crippen LogP contribution >= 0.6 is 67.8 Å². The molecule has 1 aromatic carbocycles. The molecular formula is C15H18I3NO5. The molecular weight excluding hydrogens is 655 g/mol. The molecule has 0 spiro atoms. The molecule has 2 N–H and O–H groups in total. The fourth-order valence-electron chi connectivity index (χ4n) is 1.79. The van der Waals surface area contributed by atoms with Crippen LogP contribution in [0.3, 0.4) is 0 Å². The first-order chi connectivity index (χ1) is 11.3. The first-order valence-electron chi connectivity index (χ1n) is 7.16. The second-order valence-corrected chi connectivity index (χ2v) is 8.31. The van der Waals surface area contributed by atoms with Crippen LogP contribution < -0.4 is 10.1 Å². The summed E-state index contributed by atoms with van der Waals surface area (Å²) in [5.74, 6) is -0.787. The van der Waals surface area contributed by atoms with Crippen LogP contribution in [0.4, 0.5) is 5.69 Å². The number of aliphatic carboxylic acids is 1. The number of hydrogen-bond acceptors (Lipinski definition) is 4. The molecule has 0 aliphatic heterocycles. The van der Waals surface area contributed by atoms with E-state index >= 15 is 0 Å². The highest BCUT2D eigenvalue weighted by Gasteiger charge is 2.17. The third-order valence-electron chi connectivity index (χ3n) is 3.06. The third-order valence-corrected chi connectivity index (χ3v) is 5.75. The normalized spacial score (nSPS) is 11.9. The van der Waals surface area contributed by atoms with Crippen LogP contribution in [0, 0.1) is 16.6 Å². The van der Waals surface area contributed by atoms with Gasteiger partial charge in [0.15, 0.2) is 0 Å². The molecule has 0 aliphatic carbocycles. The lowest BCUT2D eigenvalue weighted by atomic mass is 10.1. The summed E-state index contributed by atoms with van der Waals surface area (Å²) < 4.78 is 13.9. The Balaban J connectivity index is 2.65. The lowest BCUT2D eigenvalue weighted by molar-refractivity contribution is -0.144. The van der Waals surface area contributed by atoms with Crippen LogP contribution in [0.1, 0.15) is 20.3 Å². The maximum Gasteiger partial charge on any atom is 0.308 e. The van der Waals surface area contributed by atoms with Crippen LogP contribution in [-0.4, -0.2) is 36.8 Å². The smallest absolute Gasteiger partial charge is 0.308 e. The van der Waals surface area contributed by atoms with Crippen molar-refractivity contribution >= 4 is 85.3 Å². The zero-order valence-electron chi connectivity index (χ0n) is 13.2. The Kier molecular flexibility index (Phi) is 10.1. The van der Waals surface area contributed by atoms with Gasteiger partial charge >= 0.3 is 5.97 Å². The summed E-state index contributed by atoms with van der Waals surface area (Å²) >= 11 is 6.50. The molecule has 0 bridgehead atoms. The summed E-state index contributed by atoms with van der Waals surface area (Å²) in [7, 11) is 0. The summed E-state index contributed by atoms with van der Waals surface area (Å²) in [5.41, 5.74) is 0.733. The zero-order chi connectivity index (χ0) is 18.3. The SMILES string of the molecule is CC[C@@H](COCCOc1c(I)cc(I)c(NC(C)=O)c1I)C(=O)O. The van der Waals surface area contributed by atoms with Crippen molar-refractivity contribution in [3.05, 3.63) is 16.8 Å². The van der Waals surface area contributed by atoms with Gasteiger partial charge in [0.05, 0.1) is 32.0 Å². The predicted molar refractivity (Wildman–Crippen MR) is 117 cm³/mol. The highest BCUT2D eigenvalue weighted by atomic mass is 127. The minimum Gasteiger partial charge on any atom is -0.489 e. The van der Waals surface area contributed by atoms with Gasteiger partial charge in [0.1, 0.15) is 12.4 Å². The van der Waals surface area contributed by atoms with Gasteiger partial charge in [-0.05, 0) is 80.3 Å². The number of carbonyl (C=O) groups excluding carboxylic acids is 1. The quantitative estimate of drug-likeness (QED) is 0.307. The molecule has 0 radical (unpaired) electrons. The van der Waals surface area contributed by atoms with Gasteiger partial charge in [-0.3, -0.25) is 9.59 Å². The van der Waals surface area contributed by atoms with Gasteiger partial charge in [-0.1, -0.05) is 6.92 Å². The van der Waals surface area contributed by atoms with Crippen molar-refractivity contribution < 1.29 is 24.2 Å². The summed E-state index contributed by atoms with van der Waals surface area (Å²) in [6.07, 6.45) is 0.531. The topological polar surface area (TPSA) is 84.9 Å². The molecule has 0 saturated carbocycles. The molecule has 6 nitrogen and oxygen atoms in total. The number of amides is 1. The molecule has 0 aliphatic rings. The van der Waals surface area contributed by atoms with E-state index in [1.54, 1.807) is 0 Å². The Morgan fingerprint density at radius 3 is 2.46 bits per heavy atom. The first kappa shape index (κ1) is 22.2. The first-order valence-corrected chi connectivity index (χ1v) is 10.4. The number of benzene rings is 1. The van der Waals surface area contributed by atoms with E-state index < -0.39 is 11.9 Å². The minimum atomic E-state index is -0.847. The van der Waals surface area contributed by atoms with Crippen LogP contribution in [0.2, 0.25) is 0 Å². The Morgan fingerprint density at radius 2 is 1.92 bits per heavy atom. The van der Waals surface area contributed by atoms with Crippen molar-refractivity contribution in [1.82, 2.24) is 0 Å². The molecule has 0 fully saturated rings. The van der Waals surface area contributed by atoms with E-state index in [1.807, 2.05) is 13.0 Å². The Morgan fingerprint density at radius 1 is 1.25 bits per heavy atom. The number of ether oxygens (including phenoxy) is 2. The van der Waals surface area contributed by atoms with Crippen molar-refractivity contribution in [2.45, 2.75) is 20.3 Å². The van der Waals surface area contributed by atoms with E-state index in [0.29, 0.717) is 25.4 Å². The van der Waals surface area contributed by atoms with Gasteiger partial charge in [-0.2, -0.15) is 0 Å². The van der Waals surface area contributed by atoms with Gasteiger partial charge in [0, 0.05) is 10.5 Å². The standard InChI is InChI=1S/C15H18I3NO5/c1-3-9(15(21)22)7-23-4-5-24-14-11(17)6-10(16)13(12(14)18)19-8(2)20/h6,9H,3-5,7H2,1-2H3,(H,19,20)(H,21,22)/t9-/m0/s1. The van der Waals surface area contributed by atoms with Crippen molar-refractivity contribution in [2.75, 3.05) is 25.1 Å². The lowest BCUT2D eigenvalue weighted by Crippen LogP contribution is -2.20. The van der Waals surface area contributed by atoms with E-state index in [-0.39, 0.29) is 12.5 Å². The van der Waals surface area contributed by atoms with Gasteiger partial charge in [0.2, 0.25) is 5.91 Å². The van der Waals surface area contributed by atoms with E-state index in [1.165, 1.54) is 6.92 Å². The molecule has 9 heteroatoms. The number of rotatable bonds is 9. The molecule has 0 unspecified atom stereocenters. The number of carboxylic acid groups (broad SMARTS) is 1. The third kappa shape index (κ3) is 6.78. The Bertz CT molecular complexity index is 609. The number of nitrogens with one attached hydrogen (secondary N) is 1. The summed E-state index contributed by atoms with van der Waals surface area (Å²) in [5, 5.41) is 11.8. The molecule has 1 rings (SSSR count). The van der Waals surface area contributed by atoms with Gasteiger partial charge in [0.25, 0.3) is 0 Å². The molecule has 0 saturated heterocycles. The molecule has 0 aromatic heterocycles. The molecule has 0 heterocycles. The second-order valence-electron chi connectivity index (χ2n) is 4.91. The maximum atomic E-state index is 11.3. The predicted octanol–water partition coefficient (Wildman–Crippen LogP) is 3.97. The van der Waals surface area contributed by atoms with Crippen molar-refractivity contribution in [1.29, 1.82) is 0 Å². The largest absolute Gasteiger partial charge is 0.489 e. The second kappa shape index (κ2) is 11.0. The highest BCUT2D eigenvalue weighted by molar-refractivity contribution is 14.1. The number of carboxylic acids is 1. The zero-order valence-corrected chi connectivity index (χ0v) is 19.7. The average Bonchev–Trinajstić information content (AvgIpc) is 2.49. The number of carbonyl (C=O) groups is 2. The van der Waals surface area contributed by atoms with Crippen LogP contribution in [-0.2, 0) is 14.3 Å². The molecule has 134 valence electrons. The van der Waals surface area contributed by atoms with E-state index in [0.717, 1.165) is 16.4 Å². The summed E-state index contributed by atoms with van der Waals surface area (Å²) in [4.78, 5) is 22.2. The van der Waals surface area contributed by atoms with Crippen molar-refractivity contribution in [3.63, 3.8) is 0 Å². The fourth-order valence-corrected chi connectivity index (χ4v) is 5.74. The van der Waals surface area contributed by atoms with Crippen LogP contribution in [0.15, 0.2) is 6.07 Å². The van der Waals surface area contributed by atoms with Crippen LogP contribution in [0.5, 0.6) is 5.75 Å². The molecule has 24 heavy (non-hydrogen) atoms. The number of hydrogen-bond donors (Lipinski definition) is 2. The van der Waals surface area contributed by atoms with Gasteiger partial charge < -0.3 is 19.9 Å². The highest BCUT2D eigenvalue weighted by Crippen LogP contribution is 2.36. The Labute approximate surface area is 181 Å². The molecule has 1 atom stereocenters. The monoisotopic (exact) mass is 673 g/mol. The van der Waals surface area contributed by atoms with Crippen LogP contribution in [0.25, 0.3) is 0 Å². The molecule has 1 aromatic rings. The van der Waals surface area contributed by atoms with Gasteiger partial charge in [-0.25, -0.2) is 0 Å². The van der Waals surface area contributed by atoms with E-state index in [4.69, 9.17) is 14.6 Å². The average molecular weight is 673 g/mol. The van der Waals surface area contributed by atoms with Crippen molar-refractivity contribution in [3.8, 4) is 5.75 Å². The maximum absolute atomic E-state index is 11.3. The number of halogens is 3. The lowest BCUT2D eigenvalue weighted by Gasteiger charge is -2.16. The van der Waals surface area contributed by atoms with E-state index in [2.05, 4.69) is 73.1 Å².